The molecule has 8 nitrogen and oxygen atoms in total. The van der Waals surface area contributed by atoms with Crippen molar-refractivity contribution in [3.63, 3.8) is 0 Å². The van der Waals surface area contributed by atoms with Gasteiger partial charge in [0.25, 0.3) is 0 Å². The standard InChI is InChI=1S/C14H19N7O/c1-9-16-13(12-6-15-21(3)14(12)17-9)20(2)7-10-5-11(8-22-4)19-18-10/h5-6H,7-8H2,1-4H3,(H,18,19). The van der Waals surface area contributed by atoms with E-state index in [0.29, 0.717) is 13.2 Å². The number of nitrogens with zero attached hydrogens (tertiary/aromatic N) is 6. The molecule has 0 aliphatic heterocycles. The highest BCUT2D eigenvalue weighted by atomic mass is 16.5. The molecule has 8 heteroatoms. The van der Waals surface area contributed by atoms with Crippen LogP contribution in [0.4, 0.5) is 5.82 Å². The Hall–Kier alpha value is -2.48. The first-order valence-electron chi connectivity index (χ1n) is 6.98. The molecule has 0 radical (unpaired) electrons. The third-order valence-electron chi connectivity index (χ3n) is 3.43. The van der Waals surface area contributed by atoms with Crippen LogP contribution in [0.2, 0.25) is 0 Å². The molecule has 0 saturated carbocycles. The van der Waals surface area contributed by atoms with Gasteiger partial charge in [-0.05, 0) is 13.0 Å². The van der Waals surface area contributed by atoms with Crippen LogP contribution in [0.1, 0.15) is 17.2 Å². The van der Waals surface area contributed by atoms with E-state index in [4.69, 9.17) is 4.74 Å². The minimum absolute atomic E-state index is 0.500. The van der Waals surface area contributed by atoms with Gasteiger partial charge in [-0.15, -0.1) is 0 Å². The number of hydrogen-bond donors (Lipinski definition) is 1. The lowest BCUT2D eigenvalue weighted by atomic mass is 10.3. The molecule has 0 aromatic carbocycles. The number of H-pyrrole nitrogens is 1. The van der Waals surface area contributed by atoms with Crippen molar-refractivity contribution in [2.45, 2.75) is 20.1 Å². The molecule has 22 heavy (non-hydrogen) atoms. The summed E-state index contributed by atoms with van der Waals surface area (Å²) in [5.41, 5.74) is 2.72. The van der Waals surface area contributed by atoms with E-state index in [9.17, 15) is 0 Å². The van der Waals surface area contributed by atoms with Gasteiger partial charge >= 0.3 is 0 Å². The zero-order valence-electron chi connectivity index (χ0n) is 13.2. The molecule has 1 N–H and O–H groups in total. The summed E-state index contributed by atoms with van der Waals surface area (Å²) >= 11 is 0. The molecule has 0 aliphatic rings. The van der Waals surface area contributed by atoms with Crippen LogP contribution in [-0.2, 0) is 24.9 Å². The fourth-order valence-electron chi connectivity index (χ4n) is 2.45. The lowest BCUT2D eigenvalue weighted by molar-refractivity contribution is 0.181. The molecule has 3 aromatic heterocycles. The Bertz CT molecular complexity index is 792. The highest BCUT2D eigenvalue weighted by molar-refractivity contribution is 5.86. The third kappa shape index (κ3) is 2.64. The number of methoxy groups -OCH3 is 1. The molecule has 0 aliphatic carbocycles. The van der Waals surface area contributed by atoms with Crippen molar-refractivity contribution < 1.29 is 4.74 Å². The number of aromatic nitrogens is 6. The van der Waals surface area contributed by atoms with Crippen LogP contribution >= 0.6 is 0 Å². The number of nitrogens with one attached hydrogen (secondary N) is 1. The molecule has 0 fully saturated rings. The molecule has 0 atom stereocenters. The summed E-state index contributed by atoms with van der Waals surface area (Å²) in [6.45, 7) is 3.05. The third-order valence-corrected chi connectivity index (χ3v) is 3.43. The van der Waals surface area contributed by atoms with Gasteiger partial charge < -0.3 is 9.64 Å². The Morgan fingerprint density at radius 1 is 1.36 bits per heavy atom. The SMILES string of the molecule is COCc1cc(CN(C)c2nc(C)nc3c2cnn3C)[nH]n1. The first-order valence-corrected chi connectivity index (χ1v) is 6.98. The summed E-state index contributed by atoms with van der Waals surface area (Å²) in [5.74, 6) is 1.58. The minimum atomic E-state index is 0.500. The maximum absolute atomic E-state index is 5.08. The monoisotopic (exact) mass is 301 g/mol. The Morgan fingerprint density at radius 2 is 2.18 bits per heavy atom. The number of ether oxygens (including phenoxy) is 1. The summed E-state index contributed by atoms with van der Waals surface area (Å²) in [5, 5.41) is 12.4. The van der Waals surface area contributed by atoms with Crippen molar-refractivity contribution in [1.82, 2.24) is 29.9 Å². The number of fused-ring (bicyclic) bond motifs is 1. The molecular weight excluding hydrogens is 282 g/mol. The van der Waals surface area contributed by atoms with E-state index in [1.54, 1.807) is 18.0 Å². The normalized spacial score (nSPS) is 11.3. The number of aryl methyl sites for hydroxylation is 2. The molecule has 0 unspecified atom stereocenters. The van der Waals surface area contributed by atoms with Crippen LogP contribution in [-0.4, -0.2) is 44.1 Å². The zero-order chi connectivity index (χ0) is 15.7. The molecule has 3 heterocycles. The lowest BCUT2D eigenvalue weighted by Gasteiger charge is -2.18. The first-order chi connectivity index (χ1) is 10.6. The highest BCUT2D eigenvalue weighted by Crippen LogP contribution is 2.23. The fourth-order valence-corrected chi connectivity index (χ4v) is 2.45. The predicted molar refractivity (Wildman–Crippen MR) is 82.4 cm³/mol. The van der Waals surface area contributed by atoms with Crippen molar-refractivity contribution in [2.24, 2.45) is 7.05 Å². The van der Waals surface area contributed by atoms with E-state index in [2.05, 4.69) is 30.2 Å². The van der Waals surface area contributed by atoms with Crippen molar-refractivity contribution in [3.05, 3.63) is 29.5 Å². The van der Waals surface area contributed by atoms with E-state index >= 15 is 0 Å². The summed E-state index contributed by atoms with van der Waals surface area (Å²) in [6, 6.07) is 1.99. The van der Waals surface area contributed by atoms with Crippen LogP contribution in [0.15, 0.2) is 12.3 Å². The van der Waals surface area contributed by atoms with E-state index in [1.165, 1.54) is 0 Å². The number of hydrogen-bond acceptors (Lipinski definition) is 6. The summed E-state index contributed by atoms with van der Waals surface area (Å²) in [7, 11) is 5.53. The van der Waals surface area contributed by atoms with E-state index < -0.39 is 0 Å². The second kappa shape index (κ2) is 5.72. The van der Waals surface area contributed by atoms with Crippen LogP contribution in [0.3, 0.4) is 0 Å². The van der Waals surface area contributed by atoms with Gasteiger partial charge in [0, 0.05) is 21.2 Å². The fraction of sp³-hybridized carbons (Fsp3) is 0.429. The molecule has 0 spiro atoms. The second-order valence-electron chi connectivity index (χ2n) is 5.27. The van der Waals surface area contributed by atoms with Gasteiger partial charge in [-0.25, -0.2) is 9.97 Å². The van der Waals surface area contributed by atoms with Crippen LogP contribution in [0.5, 0.6) is 0 Å². The van der Waals surface area contributed by atoms with Gasteiger partial charge in [-0.3, -0.25) is 9.78 Å². The van der Waals surface area contributed by atoms with Gasteiger partial charge in [0.05, 0.1) is 36.1 Å². The molecule has 3 rings (SSSR count). The first kappa shape index (κ1) is 14.5. The quantitative estimate of drug-likeness (QED) is 0.761. The van der Waals surface area contributed by atoms with E-state index in [0.717, 1.165) is 34.1 Å². The Labute approximate surface area is 128 Å². The number of aromatic amines is 1. The minimum Gasteiger partial charge on any atom is -0.378 e. The molecule has 3 aromatic rings. The summed E-state index contributed by atoms with van der Waals surface area (Å²) < 4.78 is 6.84. The second-order valence-corrected chi connectivity index (χ2v) is 5.27. The zero-order valence-corrected chi connectivity index (χ0v) is 13.2. The maximum atomic E-state index is 5.08. The average Bonchev–Trinajstić information content (AvgIpc) is 3.06. The van der Waals surface area contributed by atoms with E-state index in [-0.39, 0.29) is 0 Å². The van der Waals surface area contributed by atoms with Crippen molar-refractivity contribution >= 4 is 16.9 Å². The molecule has 0 saturated heterocycles. The molecule has 116 valence electrons. The van der Waals surface area contributed by atoms with Gasteiger partial charge in [0.1, 0.15) is 11.6 Å². The van der Waals surface area contributed by atoms with Crippen molar-refractivity contribution in [2.75, 3.05) is 19.1 Å². The summed E-state index contributed by atoms with van der Waals surface area (Å²) in [4.78, 5) is 11.1. The largest absolute Gasteiger partial charge is 0.378 e. The Kier molecular flexibility index (Phi) is 3.76. The lowest BCUT2D eigenvalue weighted by Crippen LogP contribution is -2.19. The summed E-state index contributed by atoms with van der Waals surface area (Å²) in [6.07, 6.45) is 1.80. The maximum Gasteiger partial charge on any atom is 0.163 e. The number of anilines is 1. The van der Waals surface area contributed by atoms with Crippen LogP contribution < -0.4 is 4.90 Å². The Morgan fingerprint density at radius 3 is 2.95 bits per heavy atom. The van der Waals surface area contributed by atoms with E-state index in [1.807, 2.05) is 27.1 Å². The van der Waals surface area contributed by atoms with Crippen molar-refractivity contribution in [1.29, 1.82) is 0 Å². The predicted octanol–water partition coefficient (Wildman–Crippen LogP) is 1.18. The highest BCUT2D eigenvalue weighted by Gasteiger charge is 2.14. The molecule has 0 bridgehead atoms. The molecular formula is C14H19N7O. The van der Waals surface area contributed by atoms with Gasteiger partial charge in [-0.2, -0.15) is 10.2 Å². The smallest absolute Gasteiger partial charge is 0.163 e. The average molecular weight is 301 g/mol. The van der Waals surface area contributed by atoms with Crippen molar-refractivity contribution in [3.8, 4) is 0 Å². The topological polar surface area (TPSA) is 84.8 Å². The van der Waals surface area contributed by atoms with Gasteiger partial charge in [-0.1, -0.05) is 0 Å². The van der Waals surface area contributed by atoms with Gasteiger partial charge in [0.15, 0.2) is 5.65 Å². The molecule has 0 amide bonds. The Balaban J connectivity index is 1.89. The van der Waals surface area contributed by atoms with Crippen LogP contribution in [0.25, 0.3) is 11.0 Å². The number of rotatable bonds is 5. The van der Waals surface area contributed by atoms with Gasteiger partial charge in [0.2, 0.25) is 0 Å². The van der Waals surface area contributed by atoms with Crippen LogP contribution in [0, 0.1) is 6.92 Å².